The predicted octanol–water partition coefficient (Wildman–Crippen LogP) is 1.94. The van der Waals surface area contributed by atoms with Gasteiger partial charge in [0, 0.05) is 32.2 Å². The molecule has 0 radical (unpaired) electrons. The summed E-state index contributed by atoms with van der Waals surface area (Å²) in [5, 5.41) is 3.73. The summed E-state index contributed by atoms with van der Waals surface area (Å²) in [6, 6.07) is 4.92. The average Bonchev–Trinajstić information content (AvgIpc) is 3.14. The van der Waals surface area contributed by atoms with Gasteiger partial charge in [-0.05, 0) is 35.0 Å². The Morgan fingerprint density at radius 3 is 2.27 bits per heavy atom. The van der Waals surface area contributed by atoms with Crippen molar-refractivity contribution in [1.29, 1.82) is 0 Å². The van der Waals surface area contributed by atoms with Crippen LogP contribution in [0.4, 0.5) is 0 Å². The van der Waals surface area contributed by atoms with Gasteiger partial charge in [-0.2, -0.15) is 0 Å². The van der Waals surface area contributed by atoms with Gasteiger partial charge in [-0.15, -0.1) is 0 Å². The molecule has 0 atom stereocenters. The third-order valence-electron chi connectivity index (χ3n) is 3.49. The molecule has 1 aliphatic heterocycles. The highest BCUT2D eigenvalue weighted by Gasteiger charge is 2.28. The minimum Gasteiger partial charge on any atom is -0.444 e. The number of carbonyl (C=O) groups excluding carboxylic acids is 2. The van der Waals surface area contributed by atoms with Crippen LogP contribution >= 0.6 is 15.9 Å². The smallest absolute Gasteiger partial charge is 0.289 e. The molecular weight excluding hydrogens is 354 g/mol. The molecule has 8 heteroatoms. The lowest BCUT2D eigenvalue weighted by Crippen LogP contribution is -2.50. The molecule has 2 aromatic rings. The summed E-state index contributed by atoms with van der Waals surface area (Å²) in [5.41, 5.74) is 0.298. The summed E-state index contributed by atoms with van der Waals surface area (Å²) in [4.78, 5) is 27.8. The fourth-order valence-corrected chi connectivity index (χ4v) is 2.63. The van der Waals surface area contributed by atoms with E-state index in [-0.39, 0.29) is 11.8 Å². The second kappa shape index (κ2) is 5.96. The monoisotopic (exact) mass is 367 g/mol. The second-order valence-electron chi connectivity index (χ2n) is 5.01. The van der Waals surface area contributed by atoms with Crippen molar-refractivity contribution in [2.75, 3.05) is 26.2 Å². The molecular formula is C14H14BrN3O4. The van der Waals surface area contributed by atoms with E-state index in [0.29, 0.717) is 48.1 Å². The van der Waals surface area contributed by atoms with Crippen molar-refractivity contribution in [3.8, 4) is 0 Å². The van der Waals surface area contributed by atoms with Crippen LogP contribution in [0.3, 0.4) is 0 Å². The zero-order valence-electron chi connectivity index (χ0n) is 11.9. The summed E-state index contributed by atoms with van der Waals surface area (Å²) >= 11 is 3.17. The normalized spacial score (nSPS) is 15.2. The molecule has 3 heterocycles. The predicted molar refractivity (Wildman–Crippen MR) is 79.5 cm³/mol. The fourth-order valence-electron chi connectivity index (χ4n) is 2.33. The van der Waals surface area contributed by atoms with Crippen molar-refractivity contribution >= 4 is 27.7 Å². The van der Waals surface area contributed by atoms with Crippen molar-refractivity contribution in [1.82, 2.24) is 15.0 Å². The van der Waals surface area contributed by atoms with Crippen LogP contribution in [0.1, 0.15) is 26.8 Å². The van der Waals surface area contributed by atoms with Crippen LogP contribution in [-0.4, -0.2) is 52.9 Å². The zero-order chi connectivity index (χ0) is 15.7. The number of halogens is 1. The topological polar surface area (TPSA) is 79.8 Å². The largest absolute Gasteiger partial charge is 0.444 e. The lowest BCUT2D eigenvalue weighted by atomic mass is 10.2. The first-order valence-electron chi connectivity index (χ1n) is 6.82. The molecule has 2 aromatic heterocycles. The Labute approximate surface area is 135 Å². The molecule has 0 aromatic carbocycles. The van der Waals surface area contributed by atoms with Gasteiger partial charge < -0.3 is 18.7 Å². The number of aromatic nitrogens is 1. The van der Waals surface area contributed by atoms with Crippen LogP contribution in [0.15, 0.2) is 31.8 Å². The van der Waals surface area contributed by atoms with Crippen molar-refractivity contribution in [3.05, 3.63) is 40.1 Å². The van der Waals surface area contributed by atoms with Crippen molar-refractivity contribution < 1.29 is 18.5 Å². The van der Waals surface area contributed by atoms with Gasteiger partial charge in [-0.25, -0.2) is 0 Å². The maximum atomic E-state index is 12.2. The quantitative estimate of drug-likeness (QED) is 0.810. The number of hydrogen-bond acceptors (Lipinski definition) is 5. The van der Waals surface area contributed by atoms with Gasteiger partial charge in [0.15, 0.2) is 16.1 Å². The van der Waals surface area contributed by atoms with Gasteiger partial charge in [0.1, 0.15) is 5.76 Å². The van der Waals surface area contributed by atoms with Crippen LogP contribution < -0.4 is 0 Å². The molecule has 0 spiro atoms. The van der Waals surface area contributed by atoms with E-state index in [1.54, 1.807) is 34.9 Å². The molecule has 0 N–H and O–H groups in total. The fraction of sp³-hybridized carbons (Fsp3) is 0.357. The van der Waals surface area contributed by atoms with Gasteiger partial charge in [-0.1, -0.05) is 5.16 Å². The number of nitrogens with zero attached hydrogens (tertiary/aromatic N) is 3. The van der Waals surface area contributed by atoms with E-state index in [9.17, 15) is 9.59 Å². The van der Waals surface area contributed by atoms with E-state index in [0.717, 1.165) is 0 Å². The standard InChI is InChI=1S/C14H14BrN3O4/c1-9-8-10(16-22-9)13(19)17-4-6-18(7-5-17)14(20)11-2-3-12(15)21-11/h2-3,8H,4-7H2,1H3. The molecule has 1 fully saturated rings. The van der Waals surface area contributed by atoms with E-state index < -0.39 is 0 Å². The summed E-state index contributed by atoms with van der Waals surface area (Å²) in [5.74, 6) is 0.541. The van der Waals surface area contributed by atoms with E-state index in [1.165, 1.54) is 0 Å². The summed E-state index contributed by atoms with van der Waals surface area (Å²) < 4.78 is 10.7. The third-order valence-corrected chi connectivity index (χ3v) is 3.91. The highest BCUT2D eigenvalue weighted by Crippen LogP contribution is 2.17. The molecule has 1 aliphatic rings. The highest BCUT2D eigenvalue weighted by atomic mass is 79.9. The molecule has 2 amide bonds. The van der Waals surface area contributed by atoms with Crippen LogP contribution in [0.2, 0.25) is 0 Å². The zero-order valence-corrected chi connectivity index (χ0v) is 13.5. The maximum Gasteiger partial charge on any atom is 0.289 e. The molecule has 0 saturated carbocycles. The number of aryl methyl sites for hydroxylation is 1. The number of furan rings is 1. The summed E-state index contributed by atoms with van der Waals surface area (Å²) in [6.07, 6.45) is 0. The van der Waals surface area contributed by atoms with Crippen LogP contribution in [0.25, 0.3) is 0 Å². The maximum absolute atomic E-state index is 12.2. The minimum atomic E-state index is -0.176. The van der Waals surface area contributed by atoms with Gasteiger partial charge in [0.05, 0.1) is 0 Å². The number of piperazine rings is 1. The molecule has 7 nitrogen and oxygen atoms in total. The number of rotatable bonds is 2. The van der Waals surface area contributed by atoms with Crippen LogP contribution in [0, 0.1) is 6.92 Å². The molecule has 116 valence electrons. The molecule has 0 bridgehead atoms. The van der Waals surface area contributed by atoms with Crippen LogP contribution in [-0.2, 0) is 0 Å². The third kappa shape index (κ3) is 2.92. The number of carbonyl (C=O) groups is 2. The SMILES string of the molecule is Cc1cc(C(=O)N2CCN(C(=O)c3ccc(Br)o3)CC2)no1. The first-order chi connectivity index (χ1) is 10.5. The molecule has 1 saturated heterocycles. The van der Waals surface area contributed by atoms with Crippen molar-refractivity contribution in [3.63, 3.8) is 0 Å². The lowest BCUT2D eigenvalue weighted by molar-refractivity contribution is 0.0512. The lowest BCUT2D eigenvalue weighted by Gasteiger charge is -2.33. The Hall–Kier alpha value is -2.09. The second-order valence-corrected chi connectivity index (χ2v) is 5.79. The van der Waals surface area contributed by atoms with Crippen molar-refractivity contribution in [2.24, 2.45) is 0 Å². The van der Waals surface area contributed by atoms with E-state index >= 15 is 0 Å². The van der Waals surface area contributed by atoms with E-state index in [1.807, 2.05) is 0 Å². The first-order valence-corrected chi connectivity index (χ1v) is 7.61. The summed E-state index contributed by atoms with van der Waals surface area (Å²) in [7, 11) is 0. The molecule has 0 unspecified atom stereocenters. The first kappa shape index (κ1) is 14.8. The average molecular weight is 368 g/mol. The van der Waals surface area contributed by atoms with Gasteiger partial charge >= 0.3 is 0 Å². The van der Waals surface area contributed by atoms with Crippen LogP contribution in [0.5, 0.6) is 0 Å². The van der Waals surface area contributed by atoms with E-state index in [4.69, 9.17) is 8.94 Å². The van der Waals surface area contributed by atoms with Gasteiger partial charge in [0.2, 0.25) is 0 Å². The number of amides is 2. The molecule has 22 heavy (non-hydrogen) atoms. The van der Waals surface area contributed by atoms with E-state index in [2.05, 4.69) is 21.1 Å². The van der Waals surface area contributed by atoms with Crippen molar-refractivity contribution in [2.45, 2.75) is 6.92 Å². The highest BCUT2D eigenvalue weighted by molar-refractivity contribution is 9.10. The minimum absolute atomic E-state index is 0.171. The van der Waals surface area contributed by atoms with Gasteiger partial charge in [0.25, 0.3) is 11.8 Å². The summed E-state index contributed by atoms with van der Waals surface area (Å²) in [6.45, 7) is 3.57. The Morgan fingerprint density at radius 2 is 1.77 bits per heavy atom. The Kier molecular flexibility index (Phi) is 4.02. The Morgan fingerprint density at radius 1 is 1.14 bits per heavy atom. The van der Waals surface area contributed by atoms with Gasteiger partial charge in [-0.3, -0.25) is 9.59 Å². The number of hydrogen-bond donors (Lipinski definition) is 0. The Balaban J connectivity index is 1.60. The molecule has 0 aliphatic carbocycles. The molecule has 3 rings (SSSR count). The Bertz CT molecular complexity index is 640.